The summed E-state index contributed by atoms with van der Waals surface area (Å²) >= 11 is 9.35. The Morgan fingerprint density at radius 3 is 2.68 bits per heavy atom. The topological polar surface area (TPSA) is 67.4 Å². The predicted octanol–water partition coefficient (Wildman–Crippen LogP) is 4.26. The van der Waals surface area contributed by atoms with Crippen LogP contribution in [0.25, 0.3) is 0 Å². The Morgan fingerprint density at radius 2 is 1.96 bits per heavy atom. The highest BCUT2D eigenvalue weighted by Gasteiger charge is 2.13. The lowest BCUT2D eigenvalue weighted by Crippen LogP contribution is -2.27. The average Bonchev–Trinajstić information content (AvgIpc) is 2.59. The van der Waals surface area contributed by atoms with Crippen molar-refractivity contribution in [3.63, 3.8) is 0 Å². The maximum absolute atomic E-state index is 12.1. The average molecular weight is 426 g/mol. The van der Waals surface area contributed by atoms with Crippen LogP contribution in [-0.2, 0) is 4.79 Å². The van der Waals surface area contributed by atoms with Crippen LogP contribution in [0, 0.1) is 0 Å². The van der Waals surface area contributed by atoms with Crippen LogP contribution >= 0.6 is 27.5 Å². The van der Waals surface area contributed by atoms with Crippen molar-refractivity contribution in [1.82, 2.24) is 5.32 Å². The molecule has 25 heavy (non-hydrogen) atoms. The number of benzene rings is 2. The van der Waals surface area contributed by atoms with Crippen molar-refractivity contribution in [1.29, 1.82) is 0 Å². The van der Waals surface area contributed by atoms with Crippen LogP contribution in [0.1, 0.15) is 23.7 Å². The Labute approximate surface area is 159 Å². The molecule has 5 nitrogen and oxygen atoms in total. The SMILES string of the molecule is CCCNC(=O)c1ccccc1NC(=O)COc1ccc(Br)cc1Cl. The van der Waals surface area contributed by atoms with Crippen molar-refractivity contribution < 1.29 is 14.3 Å². The minimum absolute atomic E-state index is 0.216. The maximum atomic E-state index is 12.1. The van der Waals surface area contributed by atoms with Crippen LogP contribution in [0.2, 0.25) is 5.02 Å². The van der Waals surface area contributed by atoms with Crippen molar-refractivity contribution in [3.05, 3.63) is 57.5 Å². The van der Waals surface area contributed by atoms with E-state index in [-0.39, 0.29) is 18.4 Å². The lowest BCUT2D eigenvalue weighted by Gasteiger charge is -2.12. The number of ether oxygens (including phenoxy) is 1. The van der Waals surface area contributed by atoms with Crippen molar-refractivity contribution in [2.45, 2.75) is 13.3 Å². The van der Waals surface area contributed by atoms with E-state index in [9.17, 15) is 9.59 Å². The molecule has 0 aliphatic rings. The monoisotopic (exact) mass is 424 g/mol. The summed E-state index contributed by atoms with van der Waals surface area (Å²) in [6.45, 7) is 2.33. The van der Waals surface area contributed by atoms with Gasteiger partial charge in [0.2, 0.25) is 0 Å². The summed E-state index contributed by atoms with van der Waals surface area (Å²) in [5.41, 5.74) is 0.845. The van der Waals surface area contributed by atoms with E-state index >= 15 is 0 Å². The Hall–Kier alpha value is -2.05. The van der Waals surface area contributed by atoms with Gasteiger partial charge in [-0.2, -0.15) is 0 Å². The molecule has 2 N–H and O–H groups in total. The molecule has 0 radical (unpaired) electrons. The van der Waals surface area contributed by atoms with Gasteiger partial charge in [-0.15, -0.1) is 0 Å². The van der Waals surface area contributed by atoms with Gasteiger partial charge < -0.3 is 15.4 Å². The lowest BCUT2D eigenvalue weighted by atomic mass is 10.1. The maximum Gasteiger partial charge on any atom is 0.262 e. The smallest absolute Gasteiger partial charge is 0.262 e. The number of hydrogen-bond acceptors (Lipinski definition) is 3. The van der Waals surface area contributed by atoms with Crippen LogP contribution in [0.15, 0.2) is 46.9 Å². The molecule has 132 valence electrons. The van der Waals surface area contributed by atoms with Gasteiger partial charge in [-0.05, 0) is 36.8 Å². The standard InChI is InChI=1S/C18H18BrClN2O3/c1-2-9-21-18(24)13-5-3-4-6-15(13)22-17(23)11-25-16-8-7-12(19)10-14(16)20/h3-8,10H,2,9,11H2,1H3,(H,21,24)(H,22,23). The lowest BCUT2D eigenvalue weighted by molar-refractivity contribution is -0.118. The summed E-state index contributed by atoms with van der Waals surface area (Å²) in [4.78, 5) is 24.3. The van der Waals surface area contributed by atoms with Crippen LogP contribution in [0.3, 0.4) is 0 Å². The molecule has 7 heteroatoms. The molecule has 0 aliphatic carbocycles. The summed E-state index contributed by atoms with van der Waals surface area (Å²) in [5, 5.41) is 5.89. The summed E-state index contributed by atoms with van der Waals surface area (Å²) in [5.74, 6) is -0.196. The molecule has 0 saturated heterocycles. The minimum Gasteiger partial charge on any atom is -0.482 e. The van der Waals surface area contributed by atoms with Gasteiger partial charge in [0.15, 0.2) is 6.61 Å². The second-order valence-corrected chi connectivity index (χ2v) is 6.54. The first-order chi connectivity index (χ1) is 12.0. The van der Waals surface area contributed by atoms with Gasteiger partial charge in [-0.25, -0.2) is 0 Å². The van der Waals surface area contributed by atoms with Crippen molar-refractivity contribution in [3.8, 4) is 5.75 Å². The number of rotatable bonds is 7. The van der Waals surface area contributed by atoms with Crippen LogP contribution in [0.4, 0.5) is 5.69 Å². The molecular weight excluding hydrogens is 408 g/mol. The van der Waals surface area contributed by atoms with Crippen LogP contribution in [0.5, 0.6) is 5.75 Å². The summed E-state index contributed by atoms with van der Waals surface area (Å²) < 4.78 is 6.25. The third-order valence-electron chi connectivity index (χ3n) is 3.23. The minimum atomic E-state index is -0.380. The summed E-state index contributed by atoms with van der Waals surface area (Å²) in [6.07, 6.45) is 0.835. The zero-order chi connectivity index (χ0) is 18.2. The number of carbonyl (C=O) groups excluding carboxylic acids is 2. The van der Waals surface area contributed by atoms with Gasteiger partial charge in [0.05, 0.1) is 16.3 Å². The summed E-state index contributed by atoms with van der Waals surface area (Å²) in [6, 6.07) is 12.0. The Balaban J connectivity index is 1.99. The molecule has 2 aromatic carbocycles. The van der Waals surface area contributed by atoms with Crippen molar-refractivity contribution >= 4 is 45.0 Å². The first-order valence-electron chi connectivity index (χ1n) is 7.76. The molecule has 0 bridgehead atoms. The summed E-state index contributed by atoms with van der Waals surface area (Å²) in [7, 11) is 0. The molecule has 0 saturated carbocycles. The zero-order valence-electron chi connectivity index (χ0n) is 13.6. The number of hydrogen-bond donors (Lipinski definition) is 2. The van der Waals surface area contributed by atoms with E-state index in [1.807, 2.05) is 6.92 Å². The third-order valence-corrected chi connectivity index (χ3v) is 4.02. The molecule has 0 atom stereocenters. The Morgan fingerprint density at radius 1 is 1.20 bits per heavy atom. The number of nitrogens with one attached hydrogen (secondary N) is 2. The number of para-hydroxylation sites is 1. The van der Waals surface area contributed by atoms with Crippen LogP contribution < -0.4 is 15.4 Å². The highest BCUT2D eigenvalue weighted by atomic mass is 79.9. The van der Waals surface area contributed by atoms with E-state index in [4.69, 9.17) is 16.3 Å². The molecule has 0 aromatic heterocycles. The van der Waals surface area contributed by atoms with E-state index in [2.05, 4.69) is 26.6 Å². The highest BCUT2D eigenvalue weighted by molar-refractivity contribution is 9.10. The predicted molar refractivity (Wildman–Crippen MR) is 102 cm³/mol. The van der Waals surface area contributed by atoms with Crippen LogP contribution in [-0.4, -0.2) is 25.0 Å². The normalized spacial score (nSPS) is 10.2. The van der Waals surface area contributed by atoms with Gasteiger partial charge in [0, 0.05) is 11.0 Å². The molecule has 2 rings (SSSR count). The molecule has 0 aliphatic heterocycles. The fourth-order valence-corrected chi connectivity index (χ4v) is 2.77. The Kier molecular flexibility index (Phi) is 7.28. The van der Waals surface area contributed by atoms with E-state index in [0.717, 1.165) is 10.9 Å². The van der Waals surface area contributed by atoms with E-state index in [0.29, 0.717) is 28.6 Å². The highest BCUT2D eigenvalue weighted by Crippen LogP contribution is 2.27. The fraction of sp³-hybridized carbons (Fsp3) is 0.222. The van der Waals surface area contributed by atoms with Crippen molar-refractivity contribution in [2.24, 2.45) is 0 Å². The molecular formula is C18H18BrClN2O3. The van der Waals surface area contributed by atoms with E-state index in [1.165, 1.54) is 0 Å². The number of halogens is 2. The molecule has 0 spiro atoms. The number of amides is 2. The first kappa shape index (κ1) is 19.3. The third kappa shape index (κ3) is 5.76. The van der Waals surface area contributed by atoms with Crippen molar-refractivity contribution in [2.75, 3.05) is 18.5 Å². The first-order valence-corrected chi connectivity index (χ1v) is 8.93. The molecule has 0 unspecified atom stereocenters. The number of anilines is 1. The van der Waals surface area contributed by atoms with Gasteiger partial charge in [0.1, 0.15) is 5.75 Å². The quantitative estimate of drug-likeness (QED) is 0.696. The fourth-order valence-electron chi connectivity index (χ4n) is 2.05. The van der Waals surface area contributed by atoms with Gasteiger partial charge >= 0.3 is 0 Å². The zero-order valence-corrected chi connectivity index (χ0v) is 16.0. The second kappa shape index (κ2) is 9.44. The van der Waals surface area contributed by atoms with E-state index in [1.54, 1.807) is 42.5 Å². The Bertz CT molecular complexity index is 768. The van der Waals surface area contributed by atoms with Gasteiger partial charge in [-0.1, -0.05) is 46.6 Å². The van der Waals surface area contributed by atoms with E-state index < -0.39 is 0 Å². The van der Waals surface area contributed by atoms with Gasteiger partial charge in [0.25, 0.3) is 11.8 Å². The molecule has 2 amide bonds. The largest absolute Gasteiger partial charge is 0.482 e. The second-order valence-electron chi connectivity index (χ2n) is 5.21. The molecule has 0 heterocycles. The molecule has 0 fully saturated rings. The molecule has 2 aromatic rings. The number of carbonyl (C=O) groups is 2. The van der Waals surface area contributed by atoms with Gasteiger partial charge in [-0.3, -0.25) is 9.59 Å².